The molecule has 0 bridgehead atoms. The third-order valence-corrected chi connectivity index (χ3v) is 2.51. The summed E-state index contributed by atoms with van der Waals surface area (Å²) >= 11 is 0. The summed E-state index contributed by atoms with van der Waals surface area (Å²) < 4.78 is 33.1. The van der Waals surface area contributed by atoms with Crippen molar-refractivity contribution in [2.75, 3.05) is 18.5 Å². The van der Waals surface area contributed by atoms with Crippen molar-refractivity contribution in [3.63, 3.8) is 0 Å². The molecule has 0 aliphatic heterocycles. The van der Waals surface area contributed by atoms with Crippen molar-refractivity contribution in [1.29, 1.82) is 0 Å². The minimum Gasteiger partial charge on any atom is -0.382 e. The Balaban J connectivity index is 2.46. The first-order valence-corrected chi connectivity index (χ1v) is 6.18. The zero-order chi connectivity index (χ0) is 12.2. The van der Waals surface area contributed by atoms with Crippen molar-refractivity contribution in [2.45, 2.75) is 13.8 Å². The summed E-state index contributed by atoms with van der Waals surface area (Å²) in [5.74, 6) is 0. The summed E-state index contributed by atoms with van der Waals surface area (Å²) in [5.41, 5.74) is 3.11. The molecule has 0 saturated carbocycles. The molecule has 0 amide bonds. The molecular weight excluding hydrogens is 230 g/mol. The van der Waals surface area contributed by atoms with E-state index in [1.807, 2.05) is 32.0 Å². The van der Waals surface area contributed by atoms with E-state index in [2.05, 4.69) is 9.50 Å². The van der Waals surface area contributed by atoms with E-state index in [0.717, 1.165) is 16.8 Å². The summed E-state index contributed by atoms with van der Waals surface area (Å²) in [6, 6.07) is 5.93. The molecule has 1 rings (SSSR count). The molecule has 0 aliphatic carbocycles. The maximum absolute atomic E-state index is 10.3. The van der Waals surface area contributed by atoms with E-state index < -0.39 is 10.4 Å². The second-order valence-corrected chi connectivity index (χ2v) is 4.59. The maximum Gasteiger partial charge on any atom is 0.397 e. The van der Waals surface area contributed by atoms with Gasteiger partial charge in [0.1, 0.15) is 0 Å². The van der Waals surface area contributed by atoms with Gasteiger partial charge in [0.25, 0.3) is 0 Å². The summed E-state index contributed by atoms with van der Waals surface area (Å²) in [6.45, 7) is 4.13. The van der Waals surface area contributed by atoms with Crippen LogP contribution in [0, 0.1) is 13.8 Å². The SMILES string of the molecule is Cc1ccc(C)c(NCCOS(=O)(=O)O)c1. The van der Waals surface area contributed by atoms with Gasteiger partial charge < -0.3 is 5.32 Å². The van der Waals surface area contributed by atoms with Crippen LogP contribution in [0.2, 0.25) is 0 Å². The van der Waals surface area contributed by atoms with Crippen molar-refractivity contribution in [3.05, 3.63) is 29.3 Å². The van der Waals surface area contributed by atoms with Crippen LogP contribution < -0.4 is 5.32 Å². The zero-order valence-electron chi connectivity index (χ0n) is 9.23. The summed E-state index contributed by atoms with van der Waals surface area (Å²) in [4.78, 5) is 0. The van der Waals surface area contributed by atoms with Crippen molar-refractivity contribution >= 4 is 16.1 Å². The van der Waals surface area contributed by atoms with Crippen molar-refractivity contribution in [1.82, 2.24) is 0 Å². The molecule has 0 spiro atoms. The normalized spacial score (nSPS) is 11.4. The van der Waals surface area contributed by atoms with Gasteiger partial charge >= 0.3 is 10.4 Å². The second kappa shape index (κ2) is 5.29. The Bertz CT molecular complexity index is 456. The van der Waals surface area contributed by atoms with E-state index in [9.17, 15) is 8.42 Å². The van der Waals surface area contributed by atoms with Crippen LogP contribution in [-0.2, 0) is 14.6 Å². The van der Waals surface area contributed by atoms with Gasteiger partial charge in [-0.1, -0.05) is 12.1 Å². The molecule has 90 valence electrons. The van der Waals surface area contributed by atoms with Gasteiger partial charge in [-0.3, -0.25) is 4.55 Å². The van der Waals surface area contributed by atoms with Crippen molar-refractivity contribution < 1.29 is 17.2 Å². The summed E-state index contributed by atoms with van der Waals surface area (Å²) in [6.07, 6.45) is 0. The fourth-order valence-electron chi connectivity index (χ4n) is 1.26. The average Bonchev–Trinajstić information content (AvgIpc) is 2.16. The molecule has 5 nitrogen and oxygen atoms in total. The van der Waals surface area contributed by atoms with Gasteiger partial charge in [-0.25, -0.2) is 4.18 Å². The van der Waals surface area contributed by atoms with Crippen molar-refractivity contribution in [3.8, 4) is 0 Å². The van der Waals surface area contributed by atoms with Crippen LogP contribution >= 0.6 is 0 Å². The smallest absolute Gasteiger partial charge is 0.382 e. The molecule has 6 heteroatoms. The number of hydrogen-bond donors (Lipinski definition) is 2. The van der Waals surface area contributed by atoms with Crippen LogP contribution in [0.5, 0.6) is 0 Å². The number of hydrogen-bond acceptors (Lipinski definition) is 4. The largest absolute Gasteiger partial charge is 0.397 e. The van der Waals surface area contributed by atoms with E-state index in [1.54, 1.807) is 0 Å². The molecule has 0 unspecified atom stereocenters. The van der Waals surface area contributed by atoms with Crippen LogP contribution in [-0.4, -0.2) is 26.1 Å². The Hall–Kier alpha value is -1.11. The highest BCUT2D eigenvalue weighted by atomic mass is 32.3. The molecule has 1 aromatic rings. The lowest BCUT2D eigenvalue weighted by molar-refractivity contribution is 0.278. The number of benzene rings is 1. The molecule has 0 aromatic heterocycles. The summed E-state index contributed by atoms with van der Waals surface area (Å²) in [5, 5.41) is 3.03. The van der Waals surface area contributed by atoms with Crippen LogP contribution in [0.1, 0.15) is 11.1 Å². The minimum atomic E-state index is -4.34. The molecule has 0 heterocycles. The van der Waals surface area contributed by atoms with E-state index in [1.165, 1.54) is 0 Å². The minimum absolute atomic E-state index is 0.105. The predicted molar refractivity (Wildman–Crippen MR) is 61.9 cm³/mol. The first-order chi connectivity index (χ1) is 7.38. The Labute approximate surface area is 95.4 Å². The Morgan fingerprint density at radius 3 is 2.69 bits per heavy atom. The van der Waals surface area contributed by atoms with Crippen LogP contribution in [0.3, 0.4) is 0 Å². The highest BCUT2D eigenvalue weighted by Gasteiger charge is 2.03. The molecule has 0 aliphatic rings. The molecule has 16 heavy (non-hydrogen) atoms. The van der Waals surface area contributed by atoms with E-state index in [-0.39, 0.29) is 6.61 Å². The van der Waals surface area contributed by atoms with Crippen LogP contribution in [0.4, 0.5) is 5.69 Å². The van der Waals surface area contributed by atoms with Gasteiger partial charge in [0.05, 0.1) is 6.61 Å². The van der Waals surface area contributed by atoms with Gasteiger partial charge in [-0.15, -0.1) is 0 Å². The monoisotopic (exact) mass is 245 g/mol. The third-order valence-electron chi connectivity index (χ3n) is 2.04. The molecule has 0 saturated heterocycles. The fraction of sp³-hybridized carbons (Fsp3) is 0.400. The molecule has 0 fully saturated rings. The topological polar surface area (TPSA) is 75.6 Å². The maximum atomic E-state index is 10.3. The second-order valence-electron chi connectivity index (χ2n) is 3.49. The Morgan fingerprint density at radius 2 is 2.06 bits per heavy atom. The Kier molecular flexibility index (Phi) is 4.28. The molecule has 0 atom stereocenters. The van der Waals surface area contributed by atoms with Crippen molar-refractivity contribution in [2.24, 2.45) is 0 Å². The van der Waals surface area contributed by atoms with E-state index >= 15 is 0 Å². The number of aryl methyl sites for hydroxylation is 2. The molecule has 0 radical (unpaired) electrons. The quantitative estimate of drug-likeness (QED) is 0.608. The molecular formula is C10H15NO4S. The fourth-order valence-corrected chi connectivity index (χ4v) is 1.55. The number of anilines is 1. The summed E-state index contributed by atoms with van der Waals surface area (Å²) in [7, 11) is -4.34. The lowest BCUT2D eigenvalue weighted by Gasteiger charge is -2.09. The number of rotatable bonds is 5. The molecule has 2 N–H and O–H groups in total. The first-order valence-electron chi connectivity index (χ1n) is 4.81. The Morgan fingerprint density at radius 1 is 1.38 bits per heavy atom. The van der Waals surface area contributed by atoms with Gasteiger partial charge in [0.15, 0.2) is 0 Å². The average molecular weight is 245 g/mol. The molecule has 1 aromatic carbocycles. The van der Waals surface area contributed by atoms with Gasteiger partial charge in [-0.05, 0) is 31.0 Å². The highest BCUT2D eigenvalue weighted by molar-refractivity contribution is 7.80. The standard InChI is InChI=1S/C10H15NO4S/c1-8-3-4-9(2)10(7-8)11-5-6-15-16(12,13)14/h3-4,7,11H,5-6H2,1-2H3,(H,12,13,14). The van der Waals surface area contributed by atoms with Gasteiger partial charge in [-0.2, -0.15) is 8.42 Å². The van der Waals surface area contributed by atoms with Gasteiger partial charge in [0, 0.05) is 12.2 Å². The van der Waals surface area contributed by atoms with Crippen LogP contribution in [0.15, 0.2) is 18.2 Å². The third kappa shape index (κ3) is 4.61. The number of nitrogens with one attached hydrogen (secondary N) is 1. The zero-order valence-corrected chi connectivity index (χ0v) is 10.0. The first kappa shape index (κ1) is 13.0. The predicted octanol–water partition coefficient (Wildman–Crippen LogP) is 1.53. The lowest BCUT2D eigenvalue weighted by atomic mass is 10.1. The van der Waals surface area contributed by atoms with E-state index in [0.29, 0.717) is 6.54 Å². The van der Waals surface area contributed by atoms with E-state index in [4.69, 9.17) is 4.55 Å². The lowest BCUT2D eigenvalue weighted by Crippen LogP contribution is -2.13. The van der Waals surface area contributed by atoms with Gasteiger partial charge in [0.2, 0.25) is 0 Å². The van der Waals surface area contributed by atoms with Crippen LogP contribution in [0.25, 0.3) is 0 Å². The highest BCUT2D eigenvalue weighted by Crippen LogP contribution is 2.15.